The fraction of sp³-hybridized carbons (Fsp3) is 0.333. The average Bonchev–Trinajstić information content (AvgIpc) is 2.56. The number of hydrogen-bond acceptors (Lipinski definition) is 2. The first-order valence-corrected chi connectivity index (χ1v) is 8.19. The summed E-state index contributed by atoms with van der Waals surface area (Å²) in [5.41, 5.74) is 2.62. The van der Waals surface area contributed by atoms with Gasteiger partial charge in [-0.3, -0.25) is 4.90 Å². The molecule has 3 heteroatoms. The zero-order valence-electron chi connectivity index (χ0n) is 12.2. The molecule has 3 rings (SSSR count). The fourth-order valence-electron chi connectivity index (χ4n) is 2.84. The summed E-state index contributed by atoms with van der Waals surface area (Å²) in [5, 5.41) is 0. The maximum absolute atomic E-state index is 5.96. The third kappa shape index (κ3) is 3.54. The summed E-state index contributed by atoms with van der Waals surface area (Å²) in [5.74, 6) is 0. The molecule has 21 heavy (non-hydrogen) atoms. The molecule has 0 N–H and O–H groups in total. The van der Waals surface area contributed by atoms with E-state index < -0.39 is 0 Å². The van der Waals surface area contributed by atoms with Crippen LogP contribution in [0.3, 0.4) is 0 Å². The molecule has 0 aromatic heterocycles. The zero-order valence-corrected chi connectivity index (χ0v) is 13.8. The van der Waals surface area contributed by atoms with Gasteiger partial charge in [0.1, 0.15) is 0 Å². The monoisotopic (exact) mass is 345 g/mol. The number of nitrogens with zero attached hydrogens (tertiary/aromatic N) is 1. The Morgan fingerprint density at radius 2 is 1.81 bits per heavy atom. The van der Waals surface area contributed by atoms with Crippen molar-refractivity contribution < 1.29 is 4.74 Å². The van der Waals surface area contributed by atoms with Crippen LogP contribution in [0.4, 0.5) is 0 Å². The van der Waals surface area contributed by atoms with Crippen molar-refractivity contribution in [3.8, 4) is 0 Å². The van der Waals surface area contributed by atoms with Crippen molar-refractivity contribution in [2.75, 3.05) is 19.7 Å². The second kappa shape index (κ2) is 6.73. The predicted octanol–water partition coefficient (Wildman–Crippen LogP) is 4.58. The first-order valence-electron chi connectivity index (χ1n) is 7.40. The van der Waals surface area contributed by atoms with Crippen LogP contribution in [0.15, 0.2) is 59.1 Å². The normalized spacial score (nSPS) is 21.1. The number of rotatable bonds is 3. The minimum atomic E-state index is 0.165. The maximum atomic E-state index is 5.96. The lowest BCUT2D eigenvalue weighted by molar-refractivity contribution is -0.0431. The molecular formula is C18H20BrNO. The minimum absolute atomic E-state index is 0.165. The average molecular weight is 346 g/mol. The highest BCUT2D eigenvalue weighted by molar-refractivity contribution is 9.10. The van der Waals surface area contributed by atoms with Crippen LogP contribution in [0.5, 0.6) is 0 Å². The van der Waals surface area contributed by atoms with Crippen LogP contribution < -0.4 is 0 Å². The van der Waals surface area contributed by atoms with Crippen LogP contribution in [-0.2, 0) is 4.74 Å². The Balaban J connectivity index is 1.72. The van der Waals surface area contributed by atoms with Crippen LogP contribution in [0.2, 0.25) is 0 Å². The summed E-state index contributed by atoms with van der Waals surface area (Å²) in [4.78, 5) is 2.51. The van der Waals surface area contributed by atoms with Gasteiger partial charge in [0.25, 0.3) is 0 Å². The molecule has 2 atom stereocenters. The molecule has 0 bridgehead atoms. The Labute approximate surface area is 134 Å². The molecular weight excluding hydrogens is 326 g/mol. The standard InChI is InChI=1S/C18H20BrNO/c1-14(15-5-3-2-4-6-15)20-11-12-21-18(13-20)16-7-9-17(19)10-8-16/h2-10,14,18H,11-13H2,1H3. The molecule has 1 heterocycles. The lowest BCUT2D eigenvalue weighted by Crippen LogP contribution is -2.39. The summed E-state index contributed by atoms with van der Waals surface area (Å²) in [7, 11) is 0. The highest BCUT2D eigenvalue weighted by Gasteiger charge is 2.25. The van der Waals surface area contributed by atoms with Gasteiger partial charge in [-0.05, 0) is 30.2 Å². The van der Waals surface area contributed by atoms with E-state index in [0.717, 1.165) is 24.2 Å². The number of hydrogen-bond donors (Lipinski definition) is 0. The fourth-order valence-corrected chi connectivity index (χ4v) is 3.11. The largest absolute Gasteiger partial charge is 0.371 e. The molecule has 2 aromatic carbocycles. The molecule has 1 saturated heterocycles. The quantitative estimate of drug-likeness (QED) is 0.806. The van der Waals surface area contributed by atoms with Crippen molar-refractivity contribution in [1.29, 1.82) is 0 Å². The second-order valence-electron chi connectivity index (χ2n) is 5.49. The lowest BCUT2D eigenvalue weighted by atomic mass is 10.0. The van der Waals surface area contributed by atoms with E-state index in [2.05, 4.69) is 82.4 Å². The van der Waals surface area contributed by atoms with Crippen molar-refractivity contribution in [3.63, 3.8) is 0 Å². The Morgan fingerprint density at radius 3 is 2.52 bits per heavy atom. The van der Waals surface area contributed by atoms with Gasteiger partial charge in [0.15, 0.2) is 0 Å². The number of ether oxygens (including phenoxy) is 1. The third-order valence-corrected chi connectivity index (χ3v) is 4.70. The Morgan fingerprint density at radius 1 is 1.10 bits per heavy atom. The van der Waals surface area contributed by atoms with Crippen LogP contribution >= 0.6 is 15.9 Å². The Hall–Kier alpha value is -1.16. The van der Waals surface area contributed by atoms with Gasteiger partial charge in [0.05, 0.1) is 12.7 Å². The summed E-state index contributed by atoms with van der Waals surface area (Å²) < 4.78 is 7.07. The van der Waals surface area contributed by atoms with Gasteiger partial charge >= 0.3 is 0 Å². The predicted molar refractivity (Wildman–Crippen MR) is 89.3 cm³/mol. The molecule has 110 valence electrons. The van der Waals surface area contributed by atoms with Crippen molar-refractivity contribution in [3.05, 3.63) is 70.2 Å². The summed E-state index contributed by atoms with van der Waals surface area (Å²) >= 11 is 3.48. The van der Waals surface area contributed by atoms with E-state index in [1.165, 1.54) is 11.1 Å². The SMILES string of the molecule is CC(c1ccccc1)N1CCOC(c2ccc(Br)cc2)C1. The summed E-state index contributed by atoms with van der Waals surface area (Å²) in [6.45, 7) is 5.00. The van der Waals surface area contributed by atoms with E-state index in [9.17, 15) is 0 Å². The van der Waals surface area contributed by atoms with Crippen LogP contribution in [0.25, 0.3) is 0 Å². The van der Waals surface area contributed by atoms with Gasteiger partial charge in [-0.25, -0.2) is 0 Å². The molecule has 0 spiro atoms. The smallest absolute Gasteiger partial charge is 0.0952 e. The minimum Gasteiger partial charge on any atom is -0.371 e. The molecule has 2 unspecified atom stereocenters. The first kappa shape index (κ1) is 14.8. The lowest BCUT2D eigenvalue weighted by Gasteiger charge is -2.37. The third-order valence-electron chi connectivity index (χ3n) is 4.17. The molecule has 0 saturated carbocycles. The van der Waals surface area contributed by atoms with E-state index >= 15 is 0 Å². The van der Waals surface area contributed by atoms with Gasteiger partial charge in [-0.1, -0.05) is 58.4 Å². The van der Waals surface area contributed by atoms with Gasteiger partial charge in [0, 0.05) is 23.6 Å². The van der Waals surface area contributed by atoms with Crippen LogP contribution in [0.1, 0.15) is 30.2 Å². The number of morpholine rings is 1. The zero-order chi connectivity index (χ0) is 14.7. The van der Waals surface area contributed by atoms with E-state index in [4.69, 9.17) is 4.74 Å². The summed E-state index contributed by atoms with van der Waals surface area (Å²) in [6.07, 6.45) is 0.165. The van der Waals surface area contributed by atoms with E-state index in [-0.39, 0.29) is 6.10 Å². The molecule has 0 amide bonds. The molecule has 0 aliphatic carbocycles. The first-order chi connectivity index (χ1) is 10.2. The van der Waals surface area contributed by atoms with Crippen molar-refractivity contribution in [2.45, 2.75) is 19.1 Å². The number of halogens is 1. The topological polar surface area (TPSA) is 12.5 Å². The van der Waals surface area contributed by atoms with Gasteiger partial charge in [-0.15, -0.1) is 0 Å². The van der Waals surface area contributed by atoms with Crippen molar-refractivity contribution in [1.82, 2.24) is 4.90 Å². The molecule has 1 aliphatic heterocycles. The van der Waals surface area contributed by atoms with E-state index in [0.29, 0.717) is 6.04 Å². The van der Waals surface area contributed by atoms with Crippen LogP contribution in [-0.4, -0.2) is 24.6 Å². The van der Waals surface area contributed by atoms with E-state index in [1.54, 1.807) is 0 Å². The van der Waals surface area contributed by atoms with Gasteiger partial charge in [-0.2, -0.15) is 0 Å². The van der Waals surface area contributed by atoms with E-state index in [1.807, 2.05) is 0 Å². The highest BCUT2D eigenvalue weighted by Crippen LogP contribution is 2.29. The summed E-state index contributed by atoms with van der Waals surface area (Å²) in [6, 6.07) is 19.6. The van der Waals surface area contributed by atoms with Gasteiger partial charge in [0.2, 0.25) is 0 Å². The highest BCUT2D eigenvalue weighted by atomic mass is 79.9. The second-order valence-corrected chi connectivity index (χ2v) is 6.41. The molecule has 1 aliphatic rings. The Kier molecular flexibility index (Phi) is 4.73. The van der Waals surface area contributed by atoms with Crippen molar-refractivity contribution in [2.24, 2.45) is 0 Å². The molecule has 1 fully saturated rings. The molecule has 2 nitrogen and oxygen atoms in total. The Bertz CT molecular complexity index is 570. The number of benzene rings is 2. The van der Waals surface area contributed by atoms with Gasteiger partial charge < -0.3 is 4.74 Å². The van der Waals surface area contributed by atoms with Crippen molar-refractivity contribution >= 4 is 15.9 Å². The van der Waals surface area contributed by atoms with Crippen LogP contribution in [0, 0.1) is 0 Å². The maximum Gasteiger partial charge on any atom is 0.0952 e. The molecule has 2 aromatic rings. The molecule has 0 radical (unpaired) electrons.